The zero-order chi connectivity index (χ0) is 17.3. The molecule has 0 fully saturated rings. The molecular formula is C17H16Cl2FN3O. The van der Waals surface area contributed by atoms with Gasteiger partial charge in [0.15, 0.2) is 5.65 Å². The predicted octanol–water partition coefficient (Wildman–Crippen LogP) is 5.03. The molecule has 0 bridgehead atoms. The molecule has 1 aromatic carbocycles. The minimum atomic E-state index is -0.536. The number of hydrogen-bond donors (Lipinski definition) is 1. The van der Waals surface area contributed by atoms with Gasteiger partial charge in [-0.25, -0.2) is 14.2 Å². The number of fused-ring (bicyclic) bond motifs is 1. The number of aryl methyl sites for hydroxylation is 1. The van der Waals surface area contributed by atoms with Gasteiger partial charge < -0.3 is 0 Å². The van der Waals surface area contributed by atoms with E-state index in [4.69, 9.17) is 23.2 Å². The molecule has 0 saturated heterocycles. The molecule has 7 heteroatoms. The summed E-state index contributed by atoms with van der Waals surface area (Å²) < 4.78 is 15.5. The van der Waals surface area contributed by atoms with Crippen LogP contribution in [-0.4, -0.2) is 14.5 Å². The number of imidazole rings is 1. The number of hydrogen-bond acceptors (Lipinski definition) is 2. The molecule has 2 aromatic heterocycles. The minimum absolute atomic E-state index is 0.0366. The second-order valence-corrected chi connectivity index (χ2v) is 6.41. The molecule has 0 amide bonds. The highest BCUT2D eigenvalue weighted by atomic mass is 35.5. The third kappa shape index (κ3) is 3.06. The van der Waals surface area contributed by atoms with Gasteiger partial charge in [0.25, 0.3) is 0 Å². The van der Waals surface area contributed by atoms with Crippen molar-refractivity contribution in [1.29, 1.82) is 0 Å². The molecule has 2 heterocycles. The number of H-pyrrole nitrogens is 1. The Morgan fingerprint density at radius 2 is 2.04 bits per heavy atom. The Hall–Kier alpha value is -1.85. The van der Waals surface area contributed by atoms with Gasteiger partial charge in [0.1, 0.15) is 5.82 Å². The van der Waals surface area contributed by atoms with Gasteiger partial charge in [0.05, 0.1) is 15.6 Å². The van der Waals surface area contributed by atoms with Gasteiger partial charge in [0.2, 0.25) is 0 Å². The number of nitrogens with one attached hydrogen (secondary N) is 1. The van der Waals surface area contributed by atoms with Crippen LogP contribution >= 0.6 is 23.2 Å². The lowest BCUT2D eigenvalue weighted by Crippen LogP contribution is -2.17. The largest absolute Gasteiger partial charge is 0.327 e. The van der Waals surface area contributed by atoms with Gasteiger partial charge in [-0.2, -0.15) is 0 Å². The Morgan fingerprint density at radius 3 is 2.75 bits per heavy atom. The van der Waals surface area contributed by atoms with Gasteiger partial charge in [-0.15, -0.1) is 0 Å². The van der Waals surface area contributed by atoms with Crippen molar-refractivity contribution in [2.24, 2.45) is 0 Å². The van der Waals surface area contributed by atoms with Gasteiger partial charge in [0, 0.05) is 18.3 Å². The van der Waals surface area contributed by atoms with Crippen molar-refractivity contribution in [1.82, 2.24) is 14.5 Å². The first-order valence-electron chi connectivity index (χ1n) is 7.75. The van der Waals surface area contributed by atoms with Crippen LogP contribution in [0.4, 0.5) is 4.39 Å². The monoisotopic (exact) mass is 367 g/mol. The topological polar surface area (TPSA) is 50.7 Å². The summed E-state index contributed by atoms with van der Waals surface area (Å²) in [7, 11) is 0. The number of halogens is 3. The quantitative estimate of drug-likeness (QED) is 0.643. The van der Waals surface area contributed by atoms with Crippen LogP contribution in [0.25, 0.3) is 22.3 Å². The number of benzene rings is 1. The SMILES string of the molecule is CCCCCn1c(=O)[nH]c2ncc(Cl)c(-c3ccc(Cl)c(F)c3)c21. The summed E-state index contributed by atoms with van der Waals surface area (Å²) in [4.78, 5) is 19.2. The van der Waals surface area contributed by atoms with E-state index in [2.05, 4.69) is 16.9 Å². The van der Waals surface area contributed by atoms with Crippen LogP contribution < -0.4 is 5.69 Å². The number of aromatic nitrogens is 3. The molecule has 3 aromatic rings. The smallest absolute Gasteiger partial charge is 0.290 e. The fraction of sp³-hybridized carbons (Fsp3) is 0.294. The van der Waals surface area contributed by atoms with E-state index in [-0.39, 0.29) is 10.7 Å². The molecule has 0 radical (unpaired) electrons. The first-order valence-corrected chi connectivity index (χ1v) is 8.51. The molecule has 1 N–H and O–H groups in total. The third-order valence-electron chi connectivity index (χ3n) is 3.94. The molecule has 4 nitrogen and oxygen atoms in total. The molecule has 126 valence electrons. The van der Waals surface area contributed by atoms with E-state index in [1.807, 2.05) is 0 Å². The molecule has 0 aliphatic rings. The normalized spacial score (nSPS) is 11.3. The predicted molar refractivity (Wildman–Crippen MR) is 95.3 cm³/mol. The van der Waals surface area contributed by atoms with Crippen molar-refractivity contribution in [3.05, 3.63) is 50.7 Å². The highest BCUT2D eigenvalue weighted by Gasteiger charge is 2.17. The standard InChI is InChI=1S/C17H16Cl2FN3O/c1-2-3-4-7-23-15-14(10-5-6-11(18)13(20)8-10)12(19)9-21-16(15)22-17(23)24/h5-6,8-9H,2-4,7H2,1H3,(H,21,22,24). The van der Waals surface area contributed by atoms with Crippen molar-refractivity contribution < 1.29 is 4.39 Å². The first-order chi connectivity index (χ1) is 11.5. The van der Waals surface area contributed by atoms with E-state index in [1.54, 1.807) is 10.6 Å². The van der Waals surface area contributed by atoms with Crippen molar-refractivity contribution in [3.8, 4) is 11.1 Å². The summed E-state index contributed by atoms with van der Waals surface area (Å²) in [6, 6.07) is 4.47. The van der Waals surface area contributed by atoms with E-state index in [9.17, 15) is 9.18 Å². The maximum atomic E-state index is 13.9. The van der Waals surface area contributed by atoms with Crippen molar-refractivity contribution in [3.63, 3.8) is 0 Å². The van der Waals surface area contributed by atoms with Crippen LogP contribution in [0.3, 0.4) is 0 Å². The van der Waals surface area contributed by atoms with Gasteiger partial charge >= 0.3 is 5.69 Å². The zero-order valence-corrected chi connectivity index (χ0v) is 14.6. The van der Waals surface area contributed by atoms with Gasteiger partial charge in [-0.3, -0.25) is 9.55 Å². The number of rotatable bonds is 5. The van der Waals surface area contributed by atoms with Crippen molar-refractivity contribution in [2.75, 3.05) is 0 Å². The van der Waals surface area contributed by atoms with Crippen LogP contribution in [0.2, 0.25) is 10.0 Å². The van der Waals surface area contributed by atoms with E-state index >= 15 is 0 Å². The van der Waals surface area contributed by atoms with Crippen LogP contribution in [0.5, 0.6) is 0 Å². The first kappa shape index (κ1) is 17.0. The lowest BCUT2D eigenvalue weighted by Gasteiger charge is -2.10. The minimum Gasteiger partial charge on any atom is -0.290 e. The Balaban J connectivity index is 2.23. The molecule has 0 saturated carbocycles. The molecule has 0 aliphatic heterocycles. The molecule has 0 spiro atoms. The number of nitrogens with zero attached hydrogens (tertiary/aromatic N) is 2. The maximum Gasteiger partial charge on any atom is 0.327 e. The second-order valence-electron chi connectivity index (χ2n) is 5.60. The Kier molecular flexibility index (Phi) is 4.92. The summed E-state index contributed by atoms with van der Waals surface area (Å²) in [5.74, 6) is -0.536. The van der Waals surface area contributed by atoms with E-state index in [0.29, 0.717) is 33.9 Å². The average molecular weight is 368 g/mol. The van der Waals surface area contributed by atoms with Crippen molar-refractivity contribution >= 4 is 34.4 Å². The van der Waals surface area contributed by atoms with Gasteiger partial charge in [-0.1, -0.05) is 49.0 Å². The summed E-state index contributed by atoms with van der Waals surface area (Å²) in [5, 5.41) is 0.391. The van der Waals surface area contributed by atoms with E-state index < -0.39 is 5.82 Å². The maximum absolute atomic E-state index is 13.9. The number of pyridine rings is 1. The van der Waals surface area contributed by atoms with E-state index in [0.717, 1.165) is 19.3 Å². The third-order valence-corrected chi connectivity index (χ3v) is 4.53. The molecule has 0 atom stereocenters. The van der Waals surface area contributed by atoms with Crippen molar-refractivity contribution in [2.45, 2.75) is 32.7 Å². The summed E-state index contributed by atoms with van der Waals surface area (Å²) >= 11 is 12.1. The average Bonchev–Trinajstić information content (AvgIpc) is 2.87. The Morgan fingerprint density at radius 1 is 1.25 bits per heavy atom. The Bertz CT molecular complexity index is 949. The second kappa shape index (κ2) is 6.95. The van der Waals surface area contributed by atoms with E-state index in [1.165, 1.54) is 18.3 Å². The molecule has 0 unspecified atom stereocenters. The fourth-order valence-corrected chi connectivity index (χ4v) is 3.13. The van der Waals surface area contributed by atoms with Crippen LogP contribution in [0.1, 0.15) is 26.2 Å². The van der Waals surface area contributed by atoms with Crippen LogP contribution in [0, 0.1) is 5.82 Å². The Labute approximate surface area is 148 Å². The fourth-order valence-electron chi connectivity index (χ4n) is 2.76. The van der Waals surface area contributed by atoms with Gasteiger partial charge in [-0.05, 0) is 24.1 Å². The summed E-state index contributed by atoms with van der Waals surface area (Å²) in [6.45, 7) is 2.65. The lowest BCUT2D eigenvalue weighted by atomic mass is 10.1. The number of aromatic amines is 1. The highest BCUT2D eigenvalue weighted by Crippen LogP contribution is 2.34. The molecule has 0 aliphatic carbocycles. The lowest BCUT2D eigenvalue weighted by molar-refractivity contribution is 0.601. The summed E-state index contributed by atoms with van der Waals surface area (Å²) in [5.41, 5.74) is 1.91. The zero-order valence-electron chi connectivity index (χ0n) is 13.1. The van der Waals surface area contributed by atoms with Crippen LogP contribution in [-0.2, 0) is 6.54 Å². The highest BCUT2D eigenvalue weighted by molar-refractivity contribution is 6.34. The summed E-state index contributed by atoms with van der Waals surface area (Å²) in [6.07, 6.45) is 4.38. The molecule has 3 rings (SSSR count). The number of unbranched alkanes of at least 4 members (excludes halogenated alkanes) is 2. The molecule has 24 heavy (non-hydrogen) atoms. The van der Waals surface area contributed by atoms with Crippen LogP contribution in [0.15, 0.2) is 29.2 Å². The molecular weight excluding hydrogens is 352 g/mol.